The van der Waals surface area contributed by atoms with Gasteiger partial charge in [0.15, 0.2) is 5.92 Å². The molecule has 0 spiro atoms. The predicted octanol–water partition coefficient (Wildman–Crippen LogP) is 3.92. The molecule has 0 saturated carbocycles. The number of halogens is 2. The SMILES string of the molecule is CN1C(=O)C(C)(C)c2cc(N3CC(C(=O)O)C(=O)N(Cc4cccc(Cl)c4Cl)C3=O)ccc21. The molecule has 4 rings (SSSR count). The topological polar surface area (TPSA) is 98.2 Å². The Morgan fingerprint density at radius 2 is 1.85 bits per heavy atom. The van der Waals surface area contributed by atoms with Crippen LogP contribution < -0.4 is 9.80 Å². The first-order chi connectivity index (χ1) is 15.4. The third-order valence-electron chi connectivity index (χ3n) is 6.22. The van der Waals surface area contributed by atoms with Crippen LogP contribution in [-0.2, 0) is 26.3 Å². The van der Waals surface area contributed by atoms with Gasteiger partial charge in [0.05, 0.1) is 22.0 Å². The first kappa shape index (κ1) is 23.1. The lowest BCUT2D eigenvalue weighted by atomic mass is 9.86. The molecule has 172 valence electrons. The lowest BCUT2D eigenvalue weighted by molar-refractivity contribution is -0.150. The van der Waals surface area contributed by atoms with Crippen LogP contribution in [0.4, 0.5) is 16.2 Å². The zero-order chi connectivity index (χ0) is 24.2. The minimum absolute atomic E-state index is 0.0876. The summed E-state index contributed by atoms with van der Waals surface area (Å²) < 4.78 is 0. The van der Waals surface area contributed by atoms with Gasteiger partial charge in [-0.1, -0.05) is 35.3 Å². The van der Waals surface area contributed by atoms with Crippen LogP contribution in [0.1, 0.15) is 25.0 Å². The number of benzene rings is 2. The predicted molar refractivity (Wildman–Crippen MR) is 124 cm³/mol. The molecule has 2 aliphatic heterocycles. The lowest BCUT2D eigenvalue weighted by Gasteiger charge is -2.37. The van der Waals surface area contributed by atoms with Crippen molar-refractivity contribution in [3.8, 4) is 0 Å². The van der Waals surface area contributed by atoms with Gasteiger partial charge < -0.3 is 10.0 Å². The number of likely N-dealkylation sites (N-methyl/N-ethyl adjacent to an activating group) is 1. The van der Waals surface area contributed by atoms with Gasteiger partial charge in [0.2, 0.25) is 11.8 Å². The zero-order valence-corrected chi connectivity index (χ0v) is 19.6. The maximum atomic E-state index is 13.4. The molecule has 1 saturated heterocycles. The van der Waals surface area contributed by atoms with Crippen molar-refractivity contribution in [2.24, 2.45) is 5.92 Å². The van der Waals surface area contributed by atoms with Crippen molar-refractivity contribution in [2.45, 2.75) is 25.8 Å². The van der Waals surface area contributed by atoms with Crippen molar-refractivity contribution >= 4 is 58.4 Å². The molecule has 33 heavy (non-hydrogen) atoms. The maximum absolute atomic E-state index is 13.4. The summed E-state index contributed by atoms with van der Waals surface area (Å²) in [5.74, 6) is -3.70. The lowest BCUT2D eigenvalue weighted by Crippen LogP contribution is -2.58. The molecule has 2 aliphatic rings. The van der Waals surface area contributed by atoms with Crippen LogP contribution in [-0.4, -0.2) is 47.4 Å². The second kappa shape index (κ2) is 8.04. The number of imide groups is 1. The van der Waals surface area contributed by atoms with E-state index in [0.717, 1.165) is 4.90 Å². The first-order valence-electron chi connectivity index (χ1n) is 10.2. The van der Waals surface area contributed by atoms with E-state index in [2.05, 4.69) is 0 Å². The number of carbonyl (C=O) groups is 4. The van der Waals surface area contributed by atoms with Crippen LogP contribution in [0.2, 0.25) is 10.0 Å². The summed E-state index contributed by atoms with van der Waals surface area (Å²) in [4.78, 5) is 54.4. The molecule has 2 aromatic carbocycles. The Morgan fingerprint density at radius 1 is 1.15 bits per heavy atom. The highest BCUT2D eigenvalue weighted by molar-refractivity contribution is 6.42. The summed E-state index contributed by atoms with van der Waals surface area (Å²) in [6.45, 7) is 3.03. The van der Waals surface area contributed by atoms with Gasteiger partial charge in [0, 0.05) is 25.0 Å². The summed E-state index contributed by atoms with van der Waals surface area (Å²) in [6, 6.07) is 9.20. The normalized spacial score (nSPS) is 19.8. The van der Waals surface area contributed by atoms with Crippen molar-refractivity contribution in [2.75, 3.05) is 23.4 Å². The monoisotopic (exact) mass is 489 g/mol. The van der Waals surface area contributed by atoms with Crippen molar-refractivity contribution in [3.05, 3.63) is 57.6 Å². The average molecular weight is 490 g/mol. The van der Waals surface area contributed by atoms with Crippen LogP contribution in [0.25, 0.3) is 0 Å². The number of rotatable bonds is 4. The van der Waals surface area contributed by atoms with Gasteiger partial charge in [-0.3, -0.25) is 24.2 Å². The molecule has 0 aromatic heterocycles. The van der Waals surface area contributed by atoms with Gasteiger partial charge in [-0.25, -0.2) is 4.79 Å². The van der Waals surface area contributed by atoms with E-state index < -0.39 is 29.2 Å². The number of fused-ring (bicyclic) bond motifs is 1. The van der Waals surface area contributed by atoms with Gasteiger partial charge in [-0.15, -0.1) is 0 Å². The quantitative estimate of drug-likeness (QED) is 0.656. The third-order valence-corrected chi connectivity index (χ3v) is 7.07. The maximum Gasteiger partial charge on any atom is 0.331 e. The van der Waals surface area contributed by atoms with E-state index in [1.807, 2.05) is 0 Å². The number of carbonyl (C=O) groups excluding carboxylic acids is 3. The molecule has 10 heteroatoms. The van der Waals surface area contributed by atoms with Crippen LogP contribution in [0.5, 0.6) is 0 Å². The number of anilines is 2. The Bertz CT molecular complexity index is 1210. The molecule has 2 aromatic rings. The highest BCUT2D eigenvalue weighted by atomic mass is 35.5. The van der Waals surface area contributed by atoms with E-state index in [1.54, 1.807) is 62.2 Å². The van der Waals surface area contributed by atoms with Crippen molar-refractivity contribution in [1.29, 1.82) is 0 Å². The zero-order valence-electron chi connectivity index (χ0n) is 18.1. The number of carboxylic acids is 1. The number of carboxylic acid groups (broad SMARTS) is 1. The molecular formula is C23H21Cl2N3O5. The average Bonchev–Trinajstić information content (AvgIpc) is 2.93. The molecule has 0 radical (unpaired) electrons. The molecule has 1 N–H and O–H groups in total. The molecule has 1 unspecified atom stereocenters. The molecule has 4 amide bonds. The highest BCUT2D eigenvalue weighted by Crippen LogP contribution is 2.43. The first-order valence-corrected chi connectivity index (χ1v) is 10.9. The summed E-state index contributed by atoms with van der Waals surface area (Å²) in [6.07, 6.45) is 0. The van der Waals surface area contributed by atoms with E-state index in [-0.39, 0.29) is 29.0 Å². The van der Waals surface area contributed by atoms with Crippen LogP contribution >= 0.6 is 23.2 Å². The van der Waals surface area contributed by atoms with E-state index >= 15 is 0 Å². The van der Waals surface area contributed by atoms with Crippen molar-refractivity contribution < 1.29 is 24.3 Å². The molecule has 0 aliphatic carbocycles. The van der Waals surface area contributed by atoms with Gasteiger partial charge in [0.1, 0.15) is 0 Å². The summed E-state index contributed by atoms with van der Waals surface area (Å²) >= 11 is 12.3. The van der Waals surface area contributed by atoms with Crippen LogP contribution in [0.15, 0.2) is 36.4 Å². The molecule has 2 heterocycles. The van der Waals surface area contributed by atoms with Gasteiger partial charge in [-0.2, -0.15) is 0 Å². The molecular weight excluding hydrogens is 469 g/mol. The molecule has 8 nitrogen and oxygen atoms in total. The fourth-order valence-electron chi connectivity index (χ4n) is 4.28. The second-order valence-corrected chi connectivity index (χ2v) is 9.40. The molecule has 1 fully saturated rings. The fraction of sp³-hybridized carbons (Fsp3) is 0.304. The number of aliphatic carboxylic acids is 1. The van der Waals surface area contributed by atoms with Crippen molar-refractivity contribution in [3.63, 3.8) is 0 Å². The Labute approximate surface area is 200 Å². The summed E-state index contributed by atoms with van der Waals surface area (Å²) in [5.41, 5.74) is 1.43. The Balaban J connectivity index is 1.75. The van der Waals surface area contributed by atoms with E-state index in [4.69, 9.17) is 23.2 Å². The summed E-state index contributed by atoms with van der Waals surface area (Å²) in [5, 5.41) is 10.1. The number of hydrogen-bond acceptors (Lipinski definition) is 4. The summed E-state index contributed by atoms with van der Waals surface area (Å²) in [7, 11) is 1.68. The number of amides is 4. The minimum Gasteiger partial charge on any atom is -0.481 e. The van der Waals surface area contributed by atoms with E-state index in [9.17, 15) is 24.3 Å². The van der Waals surface area contributed by atoms with Gasteiger partial charge in [-0.05, 0) is 49.2 Å². The number of nitrogens with zero attached hydrogens (tertiary/aromatic N) is 3. The molecule has 1 atom stereocenters. The largest absolute Gasteiger partial charge is 0.481 e. The fourth-order valence-corrected chi connectivity index (χ4v) is 4.66. The smallest absolute Gasteiger partial charge is 0.331 e. The number of urea groups is 1. The Hall–Kier alpha value is -3.10. The highest BCUT2D eigenvalue weighted by Gasteiger charge is 2.46. The molecule has 0 bridgehead atoms. The van der Waals surface area contributed by atoms with Gasteiger partial charge >= 0.3 is 12.0 Å². The van der Waals surface area contributed by atoms with Crippen LogP contribution in [0, 0.1) is 5.92 Å². The minimum atomic E-state index is -1.45. The Kier molecular flexibility index (Phi) is 5.62. The van der Waals surface area contributed by atoms with Crippen molar-refractivity contribution in [1.82, 2.24) is 4.90 Å². The Morgan fingerprint density at radius 3 is 2.52 bits per heavy atom. The standard InChI is InChI=1S/C23H21Cl2N3O5/c1-23(2)15-9-13(7-8-17(15)26(3)21(23)32)27-11-14(20(30)31)19(29)28(22(27)33)10-12-5-4-6-16(24)18(12)25/h4-9,14H,10-11H2,1-3H3,(H,30,31). The third kappa shape index (κ3) is 3.63. The number of hydrogen-bond donors (Lipinski definition) is 1. The van der Waals surface area contributed by atoms with Crippen LogP contribution in [0.3, 0.4) is 0 Å². The van der Waals surface area contributed by atoms with E-state index in [0.29, 0.717) is 22.5 Å². The second-order valence-electron chi connectivity index (χ2n) is 8.61. The van der Waals surface area contributed by atoms with E-state index in [1.165, 1.54) is 4.90 Å². The van der Waals surface area contributed by atoms with Gasteiger partial charge in [0.25, 0.3) is 0 Å².